The van der Waals surface area contributed by atoms with Crippen LogP contribution in [-0.2, 0) is 6.54 Å². The van der Waals surface area contributed by atoms with Gasteiger partial charge in [0.25, 0.3) is 0 Å². The third kappa shape index (κ3) is 4.99. The van der Waals surface area contributed by atoms with Gasteiger partial charge in [0, 0.05) is 17.5 Å². The minimum atomic E-state index is 0.561. The predicted octanol–water partition coefficient (Wildman–Crippen LogP) is 3.39. The predicted molar refractivity (Wildman–Crippen MR) is 91.0 cm³/mol. The molecule has 1 fully saturated rings. The molecule has 2 N–H and O–H groups in total. The molecule has 2 unspecified atom stereocenters. The molecule has 1 aliphatic rings. The number of nitrogens with one attached hydrogen (secondary N) is 2. The van der Waals surface area contributed by atoms with Gasteiger partial charge in [-0.15, -0.1) is 11.3 Å². The summed E-state index contributed by atoms with van der Waals surface area (Å²) in [4.78, 5) is 10.5. The summed E-state index contributed by atoms with van der Waals surface area (Å²) in [6.45, 7) is 10.2. The lowest BCUT2D eigenvalue weighted by Gasteiger charge is -2.28. The van der Waals surface area contributed by atoms with Gasteiger partial charge < -0.3 is 10.6 Å². The second-order valence-corrected chi connectivity index (χ2v) is 7.35. The van der Waals surface area contributed by atoms with Crippen LogP contribution in [0.2, 0.25) is 0 Å². The molecule has 118 valence electrons. The Balaban J connectivity index is 1.95. The van der Waals surface area contributed by atoms with Crippen molar-refractivity contribution < 1.29 is 0 Å². The molecule has 1 aromatic heterocycles. The molecular weight excluding hydrogens is 280 g/mol. The number of hydrogen-bond acceptors (Lipinski definition) is 3. The van der Waals surface area contributed by atoms with E-state index in [0.29, 0.717) is 12.6 Å². The van der Waals surface area contributed by atoms with E-state index in [1.54, 1.807) is 11.3 Å². The van der Waals surface area contributed by atoms with Gasteiger partial charge in [-0.3, -0.25) is 0 Å². The summed E-state index contributed by atoms with van der Waals surface area (Å²) < 4.78 is 0. The smallest absolute Gasteiger partial charge is 0.191 e. The van der Waals surface area contributed by atoms with Crippen molar-refractivity contribution in [1.29, 1.82) is 0 Å². The van der Waals surface area contributed by atoms with Gasteiger partial charge in [-0.25, -0.2) is 9.98 Å². The molecule has 0 amide bonds. The summed E-state index contributed by atoms with van der Waals surface area (Å²) in [5.74, 6) is 1.76. The van der Waals surface area contributed by atoms with E-state index >= 15 is 0 Å². The number of aryl methyl sites for hydroxylation is 2. The van der Waals surface area contributed by atoms with Crippen molar-refractivity contribution in [3.8, 4) is 0 Å². The number of hydrogen-bond donors (Lipinski definition) is 2. The van der Waals surface area contributed by atoms with Crippen molar-refractivity contribution in [3.63, 3.8) is 0 Å². The second-order valence-electron chi connectivity index (χ2n) is 6.06. The first-order chi connectivity index (χ1) is 10.1. The Hall–Kier alpha value is -1.10. The first-order valence-corrected chi connectivity index (χ1v) is 8.88. The quantitative estimate of drug-likeness (QED) is 0.662. The summed E-state index contributed by atoms with van der Waals surface area (Å²) in [7, 11) is 0. The standard InChI is InChI=1S/C16H28N4S/c1-5-17-16(20-14-8-6-7-11(2)9-14)18-10-15-19-12(3)13(4)21-15/h11,14H,5-10H2,1-4H3,(H2,17,18,20). The van der Waals surface area contributed by atoms with E-state index in [1.165, 1.54) is 30.6 Å². The van der Waals surface area contributed by atoms with Crippen LogP contribution in [0.5, 0.6) is 0 Å². The highest BCUT2D eigenvalue weighted by atomic mass is 32.1. The van der Waals surface area contributed by atoms with Crippen LogP contribution in [0.15, 0.2) is 4.99 Å². The number of nitrogens with zero attached hydrogens (tertiary/aromatic N) is 2. The highest BCUT2D eigenvalue weighted by Crippen LogP contribution is 2.23. The second kappa shape index (κ2) is 7.78. The molecule has 0 aliphatic heterocycles. The van der Waals surface area contributed by atoms with E-state index in [-0.39, 0.29) is 0 Å². The summed E-state index contributed by atoms with van der Waals surface area (Å²) in [5, 5.41) is 8.04. The van der Waals surface area contributed by atoms with Gasteiger partial charge in [0.15, 0.2) is 5.96 Å². The van der Waals surface area contributed by atoms with Crippen LogP contribution in [0.1, 0.15) is 55.1 Å². The van der Waals surface area contributed by atoms with Gasteiger partial charge in [0.05, 0.1) is 12.2 Å². The molecule has 0 bridgehead atoms. The van der Waals surface area contributed by atoms with Crippen LogP contribution >= 0.6 is 11.3 Å². The van der Waals surface area contributed by atoms with E-state index in [9.17, 15) is 0 Å². The Morgan fingerprint density at radius 1 is 1.38 bits per heavy atom. The average Bonchev–Trinajstić information content (AvgIpc) is 2.75. The zero-order valence-corrected chi connectivity index (χ0v) is 14.5. The van der Waals surface area contributed by atoms with Crippen molar-refractivity contribution in [2.75, 3.05) is 6.54 Å². The number of guanidine groups is 1. The maximum Gasteiger partial charge on any atom is 0.191 e. The molecule has 0 aromatic carbocycles. The van der Waals surface area contributed by atoms with Gasteiger partial charge in [-0.05, 0) is 39.5 Å². The van der Waals surface area contributed by atoms with E-state index in [1.807, 2.05) is 0 Å². The van der Waals surface area contributed by atoms with Gasteiger partial charge in [-0.2, -0.15) is 0 Å². The Morgan fingerprint density at radius 3 is 2.81 bits per heavy atom. The van der Waals surface area contributed by atoms with Crippen LogP contribution in [0, 0.1) is 19.8 Å². The molecule has 1 aliphatic carbocycles. The fourth-order valence-electron chi connectivity index (χ4n) is 2.83. The van der Waals surface area contributed by atoms with Gasteiger partial charge in [0.2, 0.25) is 0 Å². The van der Waals surface area contributed by atoms with Crippen molar-refractivity contribution in [3.05, 3.63) is 15.6 Å². The minimum Gasteiger partial charge on any atom is -0.357 e. The highest BCUT2D eigenvalue weighted by molar-refractivity contribution is 7.11. The Kier molecular flexibility index (Phi) is 6.03. The molecule has 2 rings (SSSR count). The summed E-state index contributed by atoms with van der Waals surface area (Å²) in [6.07, 6.45) is 5.19. The highest BCUT2D eigenvalue weighted by Gasteiger charge is 2.19. The topological polar surface area (TPSA) is 49.3 Å². The molecule has 2 atom stereocenters. The normalized spacial score (nSPS) is 23.1. The Bertz CT molecular complexity index is 461. The first kappa shape index (κ1) is 16.3. The molecule has 1 saturated carbocycles. The molecule has 1 heterocycles. The van der Waals surface area contributed by atoms with Crippen LogP contribution in [0.25, 0.3) is 0 Å². The third-order valence-corrected chi connectivity index (χ3v) is 5.12. The maximum absolute atomic E-state index is 4.70. The Labute approximate surface area is 132 Å². The van der Waals surface area contributed by atoms with Crippen LogP contribution in [0.3, 0.4) is 0 Å². The summed E-state index contributed by atoms with van der Waals surface area (Å²) >= 11 is 1.75. The summed E-state index contributed by atoms with van der Waals surface area (Å²) in [6, 6.07) is 0.561. The minimum absolute atomic E-state index is 0.561. The molecule has 1 aromatic rings. The fraction of sp³-hybridized carbons (Fsp3) is 0.750. The van der Waals surface area contributed by atoms with Crippen molar-refractivity contribution in [2.45, 2.75) is 66.0 Å². The van der Waals surface area contributed by atoms with Crippen molar-refractivity contribution in [2.24, 2.45) is 10.9 Å². The van der Waals surface area contributed by atoms with Crippen LogP contribution in [-0.4, -0.2) is 23.5 Å². The maximum atomic E-state index is 4.70. The molecule has 0 radical (unpaired) electrons. The van der Waals surface area contributed by atoms with E-state index in [0.717, 1.165) is 29.1 Å². The Morgan fingerprint density at radius 2 is 2.19 bits per heavy atom. The number of aliphatic imine (C=N–C) groups is 1. The number of aromatic nitrogens is 1. The lowest BCUT2D eigenvalue weighted by Crippen LogP contribution is -2.45. The lowest BCUT2D eigenvalue weighted by atomic mass is 9.87. The molecule has 0 spiro atoms. The van der Waals surface area contributed by atoms with E-state index < -0.39 is 0 Å². The van der Waals surface area contributed by atoms with Crippen molar-refractivity contribution >= 4 is 17.3 Å². The van der Waals surface area contributed by atoms with Crippen LogP contribution < -0.4 is 10.6 Å². The van der Waals surface area contributed by atoms with Crippen molar-refractivity contribution in [1.82, 2.24) is 15.6 Å². The number of rotatable bonds is 4. The third-order valence-electron chi connectivity index (χ3n) is 4.07. The lowest BCUT2D eigenvalue weighted by molar-refractivity contribution is 0.324. The molecule has 0 saturated heterocycles. The number of thiazole rings is 1. The first-order valence-electron chi connectivity index (χ1n) is 8.06. The largest absolute Gasteiger partial charge is 0.357 e. The molecule has 21 heavy (non-hydrogen) atoms. The zero-order valence-electron chi connectivity index (χ0n) is 13.7. The summed E-state index contributed by atoms with van der Waals surface area (Å²) in [5.41, 5.74) is 1.13. The SMILES string of the molecule is CCNC(=NCc1nc(C)c(C)s1)NC1CCCC(C)C1. The van der Waals surface area contributed by atoms with E-state index in [4.69, 9.17) is 4.99 Å². The fourth-order valence-corrected chi connectivity index (χ4v) is 3.69. The molecule has 5 heteroatoms. The van der Waals surface area contributed by atoms with Crippen LogP contribution in [0.4, 0.5) is 0 Å². The monoisotopic (exact) mass is 308 g/mol. The zero-order chi connectivity index (χ0) is 15.2. The van der Waals surface area contributed by atoms with Gasteiger partial charge >= 0.3 is 0 Å². The van der Waals surface area contributed by atoms with Gasteiger partial charge in [0.1, 0.15) is 5.01 Å². The van der Waals surface area contributed by atoms with E-state index in [2.05, 4.69) is 43.3 Å². The average molecular weight is 308 g/mol. The molecular formula is C16H28N4S. The van der Waals surface area contributed by atoms with Gasteiger partial charge in [-0.1, -0.05) is 19.8 Å². The molecule has 4 nitrogen and oxygen atoms in total.